The first-order valence-electron chi connectivity index (χ1n) is 7.56. The molecule has 1 fully saturated rings. The third kappa shape index (κ3) is 3.44. The zero-order valence-electron chi connectivity index (χ0n) is 12.8. The Labute approximate surface area is 139 Å². The second-order valence-corrected chi connectivity index (χ2v) is 5.61. The van der Waals surface area contributed by atoms with Crippen LogP contribution in [0.5, 0.6) is 0 Å². The van der Waals surface area contributed by atoms with Crippen LogP contribution >= 0.6 is 0 Å². The van der Waals surface area contributed by atoms with Gasteiger partial charge in [0.25, 0.3) is 5.91 Å². The molecule has 0 radical (unpaired) electrons. The Morgan fingerprint density at radius 3 is 2.58 bits per heavy atom. The highest BCUT2D eigenvalue weighted by molar-refractivity contribution is 6.08. The molecule has 0 heterocycles. The lowest BCUT2D eigenvalue weighted by atomic mass is 10.1. The molecule has 0 atom stereocenters. The predicted molar refractivity (Wildman–Crippen MR) is 89.2 cm³/mol. The maximum absolute atomic E-state index is 14.1. The summed E-state index contributed by atoms with van der Waals surface area (Å²) in [5.74, 6) is 1.39. The molecule has 24 heavy (non-hydrogen) atoms. The Hall–Kier alpha value is -3.13. The minimum Gasteiger partial charge on any atom is -0.306 e. The molecule has 5 heteroatoms. The van der Waals surface area contributed by atoms with Gasteiger partial charge in [-0.25, -0.2) is 9.18 Å². The molecule has 2 aromatic carbocycles. The molecule has 3 rings (SSSR count). The first kappa shape index (κ1) is 15.8. The summed E-state index contributed by atoms with van der Waals surface area (Å²) >= 11 is 0. The van der Waals surface area contributed by atoms with Crippen LogP contribution in [-0.2, 0) is 0 Å². The highest BCUT2D eigenvalue weighted by atomic mass is 19.1. The van der Waals surface area contributed by atoms with Gasteiger partial charge in [0.1, 0.15) is 5.82 Å². The van der Waals surface area contributed by atoms with E-state index >= 15 is 0 Å². The summed E-state index contributed by atoms with van der Waals surface area (Å²) in [4.78, 5) is 24.0. The Balaban J connectivity index is 1.68. The second-order valence-electron chi connectivity index (χ2n) is 5.61. The molecule has 0 aromatic heterocycles. The van der Waals surface area contributed by atoms with Crippen LogP contribution in [0.3, 0.4) is 0 Å². The van der Waals surface area contributed by atoms with Crippen LogP contribution in [0.2, 0.25) is 0 Å². The van der Waals surface area contributed by atoms with Crippen LogP contribution in [0.1, 0.15) is 40.2 Å². The number of para-hydroxylation sites is 1. The number of halogens is 1. The fraction of sp³-hybridized carbons (Fsp3) is 0.158. The van der Waals surface area contributed by atoms with Crippen molar-refractivity contribution in [3.63, 3.8) is 0 Å². The van der Waals surface area contributed by atoms with Gasteiger partial charge in [-0.3, -0.25) is 10.1 Å². The van der Waals surface area contributed by atoms with E-state index in [4.69, 9.17) is 6.42 Å². The molecule has 120 valence electrons. The SMILES string of the molecule is C#Cc1ccccc1NC(=O)NC(=O)c1ccc(C2CC2)cc1F. The van der Waals surface area contributed by atoms with Crippen molar-refractivity contribution < 1.29 is 14.0 Å². The molecule has 1 aliphatic carbocycles. The molecular formula is C19H15FN2O2. The summed E-state index contributed by atoms with van der Waals surface area (Å²) in [7, 11) is 0. The Morgan fingerprint density at radius 1 is 1.17 bits per heavy atom. The molecule has 1 saturated carbocycles. The van der Waals surface area contributed by atoms with Gasteiger partial charge in [-0.05, 0) is 48.6 Å². The number of carbonyl (C=O) groups is 2. The largest absolute Gasteiger partial charge is 0.326 e. The highest BCUT2D eigenvalue weighted by Crippen LogP contribution is 2.40. The van der Waals surface area contributed by atoms with Crippen molar-refractivity contribution in [3.8, 4) is 12.3 Å². The van der Waals surface area contributed by atoms with Gasteiger partial charge in [0.2, 0.25) is 0 Å². The summed E-state index contributed by atoms with van der Waals surface area (Å²) in [5, 5.41) is 4.59. The van der Waals surface area contributed by atoms with Crippen molar-refractivity contribution in [1.82, 2.24) is 5.32 Å². The number of nitrogens with one attached hydrogen (secondary N) is 2. The highest BCUT2D eigenvalue weighted by Gasteiger charge is 2.25. The number of imide groups is 1. The number of amides is 3. The van der Waals surface area contributed by atoms with Crippen molar-refractivity contribution in [1.29, 1.82) is 0 Å². The average molecular weight is 322 g/mol. The van der Waals surface area contributed by atoms with Crippen LogP contribution in [0.25, 0.3) is 0 Å². The Morgan fingerprint density at radius 2 is 1.92 bits per heavy atom. The van der Waals surface area contributed by atoms with Gasteiger partial charge in [-0.1, -0.05) is 24.1 Å². The molecule has 0 bridgehead atoms. The first-order valence-corrected chi connectivity index (χ1v) is 7.56. The van der Waals surface area contributed by atoms with Gasteiger partial charge in [0.05, 0.1) is 11.3 Å². The van der Waals surface area contributed by atoms with Gasteiger partial charge in [0, 0.05) is 5.56 Å². The van der Waals surface area contributed by atoms with E-state index in [1.54, 1.807) is 30.3 Å². The molecule has 3 amide bonds. The Kier molecular flexibility index (Phi) is 4.30. The predicted octanol–water partition coefficient (Wildman–Crippen LogP) is 3.65. The third-order valence-electron chi connectivity index (χ3n) is 3.84. The summed E-state index contributed by atoms with van der Waals surface area (Å²) in [5.41, 5.74) is 1.60. The lowest BCUT2D eigenvalue weighted by Gasteiger charge is -2.09. The van der Waals surface area contributed by atoms with E-state index in [0.717, 1.165) is 18.4 Å². The smallest absolute Gasteiger partial charge is 0.306 e. The van der Waals surface area contributed by atoms with Gasteiger partial charge in [-0.2, -0.15) is 0 Å². The van der Waals surface area contributed by atoms with E-state index in [2.05, 4.69) is 16.6 Å². The Bertz CT molecular complexity index is 851. The molecule has 0 spiro atoms. The van der Waals surface area contributed by atoms with Crippen LogP contribution in [0.4, 0.5) is 14.9 Å². The number of carbonyl (C=O) groups excluding carboxylic acids is 2. The van der Waals surface area contributed by atoms with E-state index in [-0.39, 0.29) is 5.56 Å². The lowest BCUT2D eigenvalue weighted by Crippen LogP contribution is -2.35. The minimum atomic E-state index is -0.800. The molecular weight excluding hydrogens is 307 g/mol. The van der Waals surface area contributed by atoms with Crippen molar-refractivity contribution in [2.24, 2.45) is 0 Å². The second kappa shape index (κ2) is 6.55. The number of terminal acetylenes is 1. The molecule has 4 nitrogen and oxygen atoms in total. The van der Waals surface area contributed by atoms with Crippen molar-refractivity contribution in [2.75, 3.05) is 5.32 Å². The van der Waals surface area contributed by atoms with Crippen LogP contribution in [0, 0.1) is 18.2 Å². The number of urea groups is 1. The van der Waals surface area contributed by atoms with E-state index in [1.165, 1.54) is 12.1 Å². The topological polar surface area (TPSA) is 58.2 Å². The molecule has 0 saturated heterocycles. The quantitative estimate of drug-likeness (QED) is 0.848. The van der Waals surface area contributed by atoms with Crippen molar-refractivity contribution in [3.05, 3.63) is 65.0 Å². The summed E-state index contributed by atoms with van der Waals surface area (Å²) in [6.07, 6.45) is 7.43. The molecule has 0 unspecified atom stereocenters. The van der Waals surface area contributed by atoms with Crippen molar-refractivity contribution >= 4 is 17.6 Å². The molecule has 0 aliphatic heterocycles. The fourth-order valence-corrected chi connectivity index (χ4v) is 2.43. The molecule has 2 aromatic rings. The standard InChI is InChI=1S/C19H15FN2O2/c1-2-12-5-3-4-6-17(12)21-19(24)22-18(23)15-10-9-14(11-16(15)20)13-7-8-13/h1,3-6,9-11,13H,7-8H2,(H2,21,22,23,24). The zero-order valence-corrected chi connectivity index (χ0v) is 12.8. The molecule has 2 N–H and O–H groups in total. The zero-order chi connectivity index (χ0) is 17.1. The van der Waals surface area contributed by atoms with E-state index in [0.29, 0.717) is 17.2 Å². The number of anilines is 1. The van der Waals surface area contributed by atoms with E-state index in [1.807, 2.05) is 0 Å². The van der Waals surface area contributed by atoms with Gasteiger partial charge >= 0.3 is 6.03 Å². The molecule has 1 aliphatic rings. The number of benzene rings is 2. The summed E-state index contributed by atoms with van der Waals surface area (Å²) in [6.45, 7) is 0. The van der Waals surface area contributed by atoms with Gasteiger partial charge < -0.3 is 5.32 Å². The minimum absolute atomic E-state index is 0.167. The number of rotatable bonds is 3. The normalized spacial score (nSPS) is 13.0. The third-order valence-corrected chi connectivity index (χ3v) is 3.84. The fourth-order valence-electron chi connectivity index (χ4n) is 2.43. The monoisotopic (exact) mass is 322 g/mol. The van der Waals surface area contributed by atoms with Gasteiger partial charge in [0.15, 0.2) is 0 Å². The lowest BCUT2D eigenvalue weighted by molar-refractivity contribution is 0.0963. The maximum Gasteiger partial charge on any atom is 0.326 e. The summed E-state index contributed by atoms with van der Waals surface area (Å²) < 4.78 is 14.1. The van der Waals surface area contributed by atoms with Crippen molar-refractivity contribution in [2.45, 2.75) is 18.8 Å². The van der Waals surface area contributed by atoms with Crippen LogP contribution in [0.15, 0.2) is 42.5 Å². The number of hydrogen-bond donors (Lipinski definition) is 2. The van der Waals surface area contributed by atoms with E-state index in [9.17, 15) is 14.0 Å². The van der Waals surface area contributed by atoms with Gasteiger partial charge in [-0.15, -0.1) is 6.42 Å². The summed E-state index contributed by atoms with van der Waals surface area (Å²) in [6, 6.07) is 10.4. The first-order chi connectivity index (χ1) is 11.6. The van der Waals surface area contributed by atoms with Crippen LogP contribution < -0.4 is 10.6 Å². The van der Waals surface area contributed by atoms with Crippen LogP contribution in [-0.4, -0.2) is 11.9 Å². The average Bonchev–Trinajstić information content (AvgIpc) is 3.40. The maximum atomic E-state index is 14.1. The number of hydrogen-bond acceptors (Lipinski definition) is 2. The van der Waals surface area contributed by atoms with E-state index < -0.39 is 17.8 Å².